The van der Waals surface area contributed by atoms with Crippen molar-refractivity contribution in [3.05, 3.63) is 24.2 Å². The van der Waals surface area contributed by atoms with E-state index in [1.54, 1.807) is 6.26 Å². The summed E-state index contributed by atoms with van der Waals surface area (Å²) in [5.74, 6) is 1.43. The molecule has 114 valence electrons. The van der Waals surface area contributed by atoms with E-state index in [2.05, 4.69) is 10.0 Å². The van der Waals surface area contributed by atoms with Crippen LogP contribution in [0.4, 0.5) is 0 Å². The molecule has 1 fully saturated rings. The lowest BCUT2D eigenvalue weighted by Crippen LogP contribution is -2.39. The summed E-state index contributed by atoms with van der Waals surface area (Å²) in [4.78, 5) is 0. The molecule has 20 heavy (non-hydrogen) atoms. The van der Waals surface area contributed by atoms with Crippen LogP contribution < -0.4 is 10.0 Å². The van der Waals surface area contributed by atoms with Crippen LogP contribution in [0.1, 0.15) is 31.9 Å². The van der Waals surface area contributed by atoms with Gasteiger partial charge in [0.15, 0.2) is 0 Å². The van der Waals surface area contributed by atoms with Crippen LogP contribution in [0.5, 0.6) is 0 Å². The molecule has 1 unspecified atom stereocenters. The minimum atomic E-state index is -3.18. The van der Waals surface area contributed by atoms with Crippen molar-refractivity contribution >= 4 is 10.0 Å². The smallest absolute Gasteiger partial charge is 0.212 e. The summed E-state index contributed by atoms with van der Waals surface area (Å²) in [5, 5.41) is 3.25. The van der Waals surface area contributed by atoms with Gasteiger partial charge in [0.25, 0.3) is 0 Å². The van der Waals surface area contributed by atoms with E-state index in [0.29, 0.717) is 0 Å². The molecule has 0 aliphatic carbocycles. The van der Waals surface area contributed by atoms with Crippen molar-refractivity contribution in [2.45, 2.75) is 38.6 Å². The number of hydrogen-bond acceptors (Lipinski definition) is 4. The van der Waals surface area contributed by atoms with Gasteiger partial charge in [-0.2, -0.15) is 0 Å². The first-order valence-corrected chi connectivity index (χ1v) is 8.93. The molecule has 2 heterocycles. The highest BCUT2D eigenvalue weighted by atomic mass is 32.2. The van der Waals surface area contributed by atoms with Gasteiger partial charge in [-0.25, -0.2) is 13.1 Å². The first-order chi connectivity index (χ1) is 9.55. The van der Waals surface area contributed by atoms with E-state index in [4.69, 9.17) is 4.42 Å². The van der Waals surface area contributed by atoms with Gasteiger partial charge in [-0.1, -0.05) is 0 Å². The van der Waals surface area contributed by atoms with Crippen molar-refractivity contribution < 1.29 is 12.8 Å². The highest BCUT2D eigenvalue weighted by molar-refractivity contribution is 7.89. The van der Waals surface area contributed by atoms with Crippen LogP contribution in [0.25, 0.3) is 0 Å². The molecule has 1 aromatic heterocycles. The number of sulfonamides is 1. The molecule has 0 amide bonds. The lowest BCUT2D eigenvalue weighted by atomic mass is 10.0. The normalized spacial score (nSPS) is 19.1. The van der Waals surface area contributed by atoms with Gasteiger partial charge < -0.3 is 9.73 Å². The maximum Gasteiger partial charge on any atom is 0.212 e. The molecule has 5 nitrogen and oxygen atoms in total. The fraction of sp³-hybridized carbons (Fsp3) is 0.714. The zero-order valence-corrected chi connectivity index (χ0v) is 12.8. The van der Waals surface area contributed by atoms with E-state index < -0.39 is 10.0 Å². The zero-order valence-electron chi connectivity index (χ0n) is 12.0. The van der Waals surface area contributed by atoms with Gasteiger partial charge in [0.05, 0.1) is 12.0 Å². The Bertz CT molecular complexity index is 479. The lowest BCUT2D eigenvalue weighted by Gasteiger charge is -2.23. The molecule has 0 saturated carbocycles. The molecule has 0 radical (unpaired) electrons. The topological polar surface area (TPSA) is 71.3 Å². The Morgan fingerprint density at radius 1 is 1.45 bits per heavy atom. The molecule has 0 aromatic carbocycles. The Kier molecular flexibility index (Phi) is 5.63. The van der Waals surface area contributed by atoms with E-state index in [1.807, 2.05) is 19.1 Å². The van der Waals surface area contributed by atoms with E-state index in [1.165, 1.54) is 0 Å². The highest BCUT2D eigenvalue weighted by Crippen LogP contribution is 2.14. The molecular weight excluding hydrogens is 276 g/mol. The van der Waals surface area contributed by atoms with Gasteiger partial charge in [-0.05, 0) is 57.3 Å². The van der Waals surface area contributed by atoms with Gasteiger partial charge in [0.2, 0.25) is 10.0 Å². The lowest BCUT2D eigenvalue weighted by molar-refractivity contribution is 0.398. The minimum absolute atomic E-state index is 0.0631. The molecule has 1 aromatic rings. The summed E-state index contributed by atoms with van der Waals surface area (Å²) in [6.45, 7) is 3.76. The van der Waals surface area contributed by atoms with Crippen molar-refractivity contribution in [1.29, 1.82) is 0 Å². The monoisotopic (exact) mass is 300 g/mol. The summed E-state index contributed by atoms with van der Waals surface area (Å²) < 4.78 is 32.3. The summed E-state index contributed by atoms with van der Waals surface area (Å²) >= 11 is 0. The molecule has 1 atom stereocenters. The van der Waals surface area contributed by atoms with Gasteiger partial charge in [-0.15, -0.1) is 0 Å². The van der Waals surface area contributed by atoms with Crippen LogP contribution >= 0.6 is 0 Å². The standard InChI is InChI=1S/C14H24N2O3S/c1-12(4-5-14-3-2-10-19-14)16-20(17,18)11-13-6-8-15-9-7-13/h2-3,10,12-13,15-16H,4-9,11H2,1H3. The van der Waals surface area contributed by atoms with Gasteiger partial charge in [0.1, 0.15) is 5.76 Å². The second-order valence-electron chi connectivity index (χ2n) is 5.61. The fourth-order valence-electron chi connectivity index (χ4n) is 2.59. The minimum Gasteiger partial charge on any atom is -0.469 e. The Hall–Kier alpha value is -0.850. The van der Waals surface area contributed by atoms with Crippen molar-refractivity contribution in [3.63, 3.8) is 0 Å². The first kappa shape index (κ1) is 15.5. The molecule has 0 bridgehead atoms. The van der Waals surface area contributed by atoms with Gasteiger partial charge in [0, 0.05) is 12.5 Å². The number of furan rings is 1. The molecule has 1 aliphatic rings. The number of rotatable bonds is 7. The molecule has 2 N–H and O–H groups in total. The predicted octanol–water partition coefficient (Wildman–Crippen LogP) is 1.52. The second-order valence-corrected chi connectivity index (χ2v) is 7.41. The Balaban J connectivity index is 1.75. The van der Waals surface area contributed by atoms with Crippen molar-refractivity contribution in [2.24, 2.45) is 5.92 Å². The average Bonchev–Trinajstić information content (AvgIpc) is 2.89. The van der Waals surface area contributed by atoms with Crippen molar-refractivity contribution in [1.82, 2.24) is 10.0 Å². The largest absolute Gasteiger partial charge is 0.469 e. The number of hydrogen-bond donors (Lipinski definition) is 2. The molecular formula is C14H24N2O3S. The molecule has 1 aliphatic heterocycles. The van der Waals surface area contributed by atoms with E-state index in [0.717, 1.165) is 44.5 Å². The molecule has 6 heteroatoms. The average molecular weight is 300 g/mol. The number of nitrogens with one attached hydrogen (secondary N) is 2. The Labute approximate surface area is 121 Å². The highest BCUT2D eigenvalue weighted by Gasteiger charge is 2.22. The van der Waals surface area contributed by atoms with E-state index in [-0.39, 0.29) is 17.7 Å². The maximum absolute atomic E-state index is 12.1. The third kappa shape index (κ3) is 5.26. The summed E-state index contributed by atoms with van der Waals surface area (Å²) in [7, 11) is -3.18. The molecule has 0 spiro atoms. The van der Waals surface area contributed by atoms with Crippen LogP contribution in [-0.4, -0.2) is 33.3 Å². The van der Waals surface area contributed by atoms with Crippen molar-refractivity contribution in [2.75, 3.05) is 18.8 Å². The molecule has 2 rings (SSSR count). The van der Waals surface area contributed by atoms with Crippen LogP contribution in [-0.2, 0) is 16.4 Å². The quantitative estimate of drug-likeness (QED) is 0.801. The number of piperidine rings is 1. The van der Waals surface area contributed by atoms with Gasteiger partial charge >= 0.3 is 0 Å². The third-order valence-corrected chi connectivity index (χ3v) is 5.37. The van der Waals surface area contributed by atoms with Crippen molar-refractivity contribution in [3.8, 4) is 0 Å². The SMILES string of the molecule is CC(CCc1ccco1)NS(=O)(=O)CC1CCNCC1. The summed E-state index contributed by atoms with van der Waals surface area (Å²) in [6, 6.07) is 3.70. The summed E-state index contributed by atoms with van der Waals surface area (Å²) in [5.41, 5.74) is 0. The Morgan fingerprint density at radius 2 is 2.20 bits per heavy atom. The fourth-order valence-corrected chi connectivity index (χ4v) is 4.37. The maximum atomic E-state index is 12.1. The van der Waals surface area contributed by atoms with Crippen LogP contribution in [0, 0.1) is 5.92 Å². The summed E-state index contributed by atoms with van der Waals surface area (Å²) in [6.07, 6.45) is 5.04. The zero-order chi connectivity index (χ0) is 14.4. The van der Waals surface area contributed by atoms with E-state index in [9.17, 15) is 8.42 Å². The third-order valence-electron chi connectivity index (χ3n) is 3.70. The second kappa shape index (κ2) is 7.24. The van der Waals surface area contributed by atoms with Crippen LogP contribution in [0.15, 0.2) is 22.8 Å². The first-order valence-electron chi connectivity index (χ1n) is 7.28. The van der Waals surface area contributed by atoms with E-state index >= 15 is 0 Å². The number of aryl methyl sites for hydroxylation is 1. The van der Waals surface area contributed by atoms with Crippen LogP contribution in [0.2, 0.25) is 0 Å². The predicted molar refractivity (Wildman–Crippen MR) is 79.0 cm³/mol. The Morgan fingerprint density at radius 3 is 2.85 bits per heavy atom. The van der Waals surface area contributed by atoms with Gasteiger partial charge in [-0.3, -0.25) is 0 Å². The van der Waals surface area contributed by atoms with Crippen LogP contribution in [0.3, 0.4) is 0 Å². The molecule has 1 saturated heterocycles.